The summed E-state index contributed by atoms with van der Waals surface area (Å²) in [5.41, 5.74) is 8.92. The molecule has 216 valence electrons. The van der Waals surface area contributed by atoms with Gasteiger partial charge in [0, 0.05) is 70.2 Å². The Morgan fingerprint density at radius 1 is 0.930 bits per heavy atom. The zero-order chi connectivity index (χ0) is 29.2. The maximum Gasteiger partial charge on any atom is 0.252 e. The Bertz CT molecular complexity index is 1930. The third kappa shape index (κ3) is 4.00. The molecule has 0 aromatic heterocycles. The normalized spacial score (nSPS) is 17.5. The molecule has 8 rings (SSSR count). The standard InChI is InChI=1S/C36H33N3O4/c1-2-13-37-35(40)23-11-12-24(36(41)42)27(20-23)30-28-18-21-7-3-14-38-16-5-9-25(31(21)38)33(28)43-34-26-10-6-17-39-15-4-8-22(32(26)39)19-29(30)34/h1,11-12,18-20H,3-10,13-17H2,(H-,37,40,41,42). The summed E-state index contributed by atoms with van der Waals surface area (Å²) in [5, 5.41) is 17.6. The summed E-state index contributed by atoms with van der Waals surface area (Å²) < 4.78 is 9.56. The summed E-state index contributed by atoms with van der Waals surface area (Å²) in [6, 6.07) is 9.17. The van der Waals surface area contributed by atoms with Crippen LogP contribution in [0.25, 0.3) is 5.57 Å². The fraction of sp³-hybridized carbons (Fsp3) is 0.361. The van der Waals surface area contributed by atoms with Gasteiger partial charge >= 0.3 is 0 Å². The van der Waals surface area contributed by atoms with E-state index in [9.17, 15) is 14.7 Å². The van der Waals surface area contributed by atoms with Crippen LogP contribution in [-0.4, -0.2) is 44.6 Å². The van der Waals surface area contributed by atoms with Crippen molar-refractivity contribution < 1.29 is 19.4 Å². The fourth-order valence-corrected chi connectivity index (χ4v) is 8.11. The number of aromatic carboxylic acids is 1. The first-order valence-corrected chi connectivity index (χ1v) is 15.5. The van der Waals surface area contributed by atoms with Gasteiger partial charge < -0.3 is 24.9 Å². The van der Waals surface area contributed by atoms with Gasteiger partial charge in [0.1, 0.15) is 24.6 Å². The van der Waals surface area contributed by atoms with Crippen LogP contribution in [0.3, 0.4) is 0 Å². The topological polar surface area (TPSA) is 84.7 Å². The molecule has 0 saturated carbocycles. The molecule has 0 saturated heterocycles. The number of aryl methyl sites for hydroxylation is 2. The second-order valence-corrected chi connectivity index (χ2v) is 12.3. The zero-order valence-electron chi connectivity index (χ0n) is 24.2. The number of ether oxygens (including phenoxy) is 1. The second kappa shape index (κ2) is 10.0. The van der Waals surface area contributed by atoms with E-state index in [0.29, 0.717) is 11.1 Å². The predicted molar refractivity (Wildman–Crippen MR) is 162 cm³/mol. The van der Waals surface area contributed by atoms with Gasteiger partial charge in [-0.1, -0.05) is 12.0 Å². The number of nitrogens with one attached hydrogen (secondary N) is 1. The largest absolute Gasteiger partial charge is 0.545 e. The molecule has 43 heavy (non-hydrogen) atoms. The molecule has 1 N–H and O–H groups in total. The van der Waals surface area contributed by atoms with Gasteiger partial charge in [0.2, 0.25) is 5.36 Å². The number of benzene rings is 3. The van der Waals surface area contributed by atoms with Gasteiger partial charge in [-0.15, -0.1) is 6.42 Å². The molecule has 5 aliphatic rings. The van der Waals surface area contributed by atoms with E-state index >= 15 is 0 Å². The Hall–Kier alpha value is -4.57. The molecule has 7 heteroatoms. The number of anilines is 1. The number of fused-ring (bicyclic) bond motifs is 4. The van der Waals surface area contributed by atoms with Crippen molar-refractivity contribution in [1.29, 1.82) is 0 Å². The molecule has 0 spiro atoms. The minimum absolute atomic E-state index is 0.0586. The Morgan fingerprint density at radius 2 is 1.70 bits per heavy atom. The van der Waals surface area contributed by atoms with E-state index in [2.05, 4.69) is 32.8 Å². The molecule has 0 fully saturated rings. The maximum atomic E-state index is 13.1. The van der Waals surface area contributed by atoms with Crippen molar-refractivity contribution in [3.05, 3.63) is 85.4 Å². The van der Waals surface area contributed by atoms with Crippen molar-refractivity contribution in [3.63, 3.8) is 0 Å². The van der Waals surface area contributed by atoms with Crippen molar-refractivity contribution in [1.82, 2.24) is 9.89 Å². The number of hydrogen-bond donors (Lipinski definition) is 1. The van der Waals surface area contributed by atoms with E-state index in [4.69, 9.17) is 11.2 Å². The van der Waals surface area contributed by atoms with Gasteiger partial charge in [0.05, 0.1) is 18.1 Å². The van der Waals surface area contributed by atoms with Crippen LogP contribution in [0.5, 0.6) is 11.5 Å². The number of hydrogen-bond acceptors (Lipinski definition) is 5. The quantitative estimate of drug-likeness (QED) is 0.299. The summed E-state index contributed by atoms with van der Waals surface area (Å²) >= 11 is 0. The van der Waals surface area contributed by atoms with Gasteiger partial charge in [-0.3, -0.25) is 4.79 Å². The summed E-state index contributed by atoms with van der Waals surface area (Å²) in [6.07, 6.45) is 13.4. The van der Waals surface area contributed by atoms with Crippen molar-refractivity contribution in [3.8, 4) is 23.8 Å². The first-order valence-electron chi connectivity index (χ1n) is 15.5. The van der Waals surface area contributed by atoms with Crippen molar-refractivity contribution in [2.24, 2.45) is 0 Å². The Balaban J connectivity index is 1.50. The van der Waals surface area contributed by atoms with Crippen LogP contribution in [-0.2, 0) is 25.7 Å². The van der Waals surface area contributed by atoms with E-state index in [-0.39, 0.29) is 18.0 Å². The number of amides is 1. The van der Waals surface area contributed by atoms with Gasteiger partial charge in [-0.05, 0) is 73.9 Å². The van der Waals surface area contributed by atoms with Crippen molar-refractivity contribution >= 4 is 23.1 Å². The van der Waals surface area contributed by atoms with Crippen molar-refractivity contribution in [2.45, 2.75) is 51.4 Å². The molecule has 0 aliphatic carbocycles. The third-order valence-corrected chi connectivity index (χ3v) is 9.81. The first-order chi connectivity index (χ1) is 21.0. The number of terminal acetylenes is 1. The Morgan fingerprint density at radius 3 is 2.51 bits per heavy atom. The highest BCUT2D eigenvalue weighted by molar-refractivity contribution is 6.02. The number of carboxylic acids is 1. The van der Waals surface area contributed by atoms with E-state index in [1.165, 1.54) is 45.4 Å². The highest BCUT2D eigenvalue weighted by atomic mass is 16.5. The fourth-order valence-electron chi connectivity index (χ4n) is 8.11. The molecule has 5 aliphatic heterocycles. The lowest BCUT2D eigenvalue weighted by molar-refractivity contribution is -0.255. The lowest BCUT2D eigenvalue weighted by atomic mass is 9.81. The van der Waals surface area contributed by atoms with Gasteiger partial charge in [0.15, 0.2) is 0 Å². The number of carbonyl (C=O) groups excluding carboxylic acids is 2. The molecule has 1 amide bonds. The zero-order valence-corrected chi connectivity index (χ0v) is 24.2. The van der Waals surface area contributed by atoms with Crippen molar-refractivity contribution in [2.75, 3.05) is 37.6 Å². The van der Waals surface area contributed by atoms with E-state index in [1.807, 2.05) is 0 Å². The average molecular weight is 572 g/mol. The van der Waals surface area contributed by atoms with Gasteiger partial charge in [0.25, 0.3) is 5.91 Å². The van der Waals surface area contributed by atoms with Crippen LogP contribution >= 0.6 is 0 Å². The number of carboxylic acid groups (broad SMARTS) is 1. The van der Waals surface area contributed by atoms with Crippen LogP contribution in [0, 0.1) is 12.3 Å². The SMILES string of the molecule is C#CCNC(=O)c1ccc(C(=O)[O-])c(C2=c3cc4c5c(c3Oc3c2cc2c6c3CCCN6CCC2)CCC[N+]=5CCC4)c1. The van der Waals surface area contributed by atoms with Crippen LogP contribution in [0.2, 0.25) is 0 Å². The molecule has 0 unspecified atom stereocenters. The molecule has 0 bridgehead atoms. The highest BCUT2D eigenvalue weighted by Crippen LogP contribution is 2.48. The highest BCUT2D eigenvalue weighted by Gasteiger charge is 2.36. The number of rotatable bonds is 4. The average Bonchev–Trinajstić information content (AvgIpc) is 3.03. The molecule has 3 aromatic carbocycles. The molecule has 0 atom stereocenters. The molecule has 3 aromatic rings. The second-order valence-electron chi connectivity index (χ2n) is 12.3. The van der Waals surface area contributed by atoms with Crippen LogP contribution in [0.1, 0.15) is 79.8 Å². The molecule has 0 radical (unpaired) electrons. The first kappa shape index (κ1) is 26.1. The van der Waals surface area contributed by atoms with E-state index in [1.54, 1.807) is 6.07 Å². The molecular formula is C36H33N3O4. The lowest BCUT2D eigenvalue weighted by Gasteiger charge is -2.39. The smallest absolute Gasteiger partial charge is 0.252 e. The summed E-state index contributed by atoms with van der Waals surface area (Å²) in [6.45, 7) is 4.27. The summed E-state index contributed by atoms with van der Waals surface area (Å²) in [4.78, 5) is 28.2. The van der Waals surface area contributed by atoms with Crippen LogP contribution in [0.15, 0.2) is 30.3 Å². The molecule has 7 nitrogen and oxygen atoms in total. The van der Waals surface area contributed by atoms with E-state index in [0.717, 1.165) is 105 Å². The van der Waals surface area contributed by atoms with Gasteiger partial charge in [-0.2, -0.15) is 0 Å². The maximum absolute atomic E-state index is 13.1. The predicted octanol–water partition coefficient (Wildman–Crippen LogP) is 1.85. The minimum Gasteiger partial charge on any atom is -0.545 e. The third-order valence-electron chi connectivity index (χ3n) is 9.81. The summed E-state index contributed by atoms with van der Waals surface area (Å²) in [5.74, 6) is 2.49. The monoisotopic (exact) mass is 571 g/mol. The van der Waals surface area contributed by atoms with E-state index < -0.39 is 5.97 Å². The molecular weight excluding hydrogens is 538 g/mol. The van der Waals surface area contributed by atoms with Crippen LogP contribution < -0.4 is 35.2 Å². The molecule has 5 heterocycles. The van der Waals surface area contributed by atoms with Crippen LogP contribution in [0.4, 0.5) is 5.69 Å². The lowest BCUT2D eigenvalue weighted by Crippen LogP contribution is -2.45. The minimum atomic E-state index is -1.27. The Kier molecular flexibility index (Phi) is 6.08. The Labute approximate surface area is 250 Å². The van der Waals surface area contributed by atoms with Gasteiger partial charge in [-0.25, -0.2) is 4.58 Å². The summed E-state index contributed by atoms with van der Waals surface area (Å²) in [7, 11) is 0. The number of nitrogens with zero attached hydrogens (tertiary/aromatic N) is 2. The number of carbonyl (C=O) groups is 2.